The van der Waals surface area contributed by atoms with E-state index in [1.54, 1.807) is 30.6 Å². The van der Waals surface area contributed by atoms with Crippen molar-refractivity contribution in [3.05, 3.63) is 48.0 Å². The normalized spacial score (nSPS) is 10.4. The van der Waals surface area contributed by atoms with Crippen LogP contribution in [0.1, 0.15) is 5.56 Å². The van der Waals surface area contributed by atoms with Crippen LogP contribution in [0.15, 0.2) is 51.7 Å². The highest BCUT2D eigenvalue weighted by Crippen LogP contribution is 2.37. The fraction of sp³-hybridized carbons (Fsp3) is 0.0667. The molecule has 0 unspecified atom stereocenters. The third kappa shape index (κ3) is 2.48. The third-order valence-electron chi connectivity index (χ3n) is 2.78. The van der Waals surface area contributed by atoms with Crippen LogP contribution in [0.4, 0.5) is 0 Å². The predicted octanol–water partition coefficient (Wildman–Crippen LogP) is 4.33. The number of aromatic nitrogens is 1. The van der Waals surface area contributed by atoms with Gasteiger partial charge in [0.15, 0.2) is 4.34 Å². The maximum Gasteiger partial charge on any atom is 0.155 e. The topological polar surface area (TPSA) is 45.9 Å². The SMILES string of the molecule is COc1ccc(C#N)c(Sc2nc3ccccc3s2)c1. The van der Waals surface area contributed by atoms with Gasteiger partial charge in [-0.15, -0.1) is 11.3 Å². The first-order valence-electron chi connectivity index (χ1n) is 5.92. The number of rotatable bonds is 3. The van der Waals surface area contributed by atoms with Crippen LogP contribution in [0.2, 0.25) is 0 Å². The molecule has 0 fully saturated rings. The van der Waals surface area contributed by atoms with Gasteiger partial charge in [-0.3, -0.25) is 0 Å². The van der Waals surface area contributed by atoms with Crippen molar-refractivity contribution >= 4 is 33.3 Å². The van der Waals surface area contributed by atoms with Gasteiger partial charge in [0, 0.05) is 4.90 Å². The van der Waals surface area contributed by atoms with Crippen molar-refractivity contribution in [3.8, 4) is 11.8 Å². The Morgan fingerprint density at radius 2 is 2.10 bits per heavy atom. The maximum absolute atomic E-state index is 9.18. The van der Waals surface area contributed by atoms with E-state index in [1.165, 1.54) is 11.8 Å². The summed E-state index contributed by atoms with van der Waals surface area (Å²) in [6.07, 6.45) is 0. The Hall–Kier alpha value is -2.03. The lowest BCUT2D eigenvalue weighted by atomic mass is 10.2. The van der Waals surface area contributed by atoms with Crippen molar-refractivity contribution in [1.82, 2.24) is 4.98 Å². The molecule has 1 heterocycles. The average Bonchev–Trinajstić information content (AvgIpc) is 2.89. The summed E-state index contributed by atoms with van der Waals surface area (Å²) in [5.41, 5.74) is 1.62. The van der Waals surface area contributed by atoms with Crippen molar-refractivity contribution in [2.75, 3.05) is 7.11 Å². The van der Waals surface area contributed by atoms with Crippen molar-refractivity contribution in [2.24, 2.45) is 0 Å². The van der Waals surface area contributed by atoms with Gasteiger partial charge in [-0.2, -0.15) is 5.26 Å². The van der Waals surface area contributed by atoms with Gasteiger partial charge in [0.2, 0.25) is 0 Å². The first-order valence-corrected chi connectivity index (χ1v) is 7.55. The lowest BCUT2D eigenvalue weighted by Gasteiger charge is -2.04. The van der Waals surface area contributed by atoms with E-state index >= 15 is 0 Å². The zero-order valence-corrected chi connectivity index (χ0v) is 12.3. The largest absolute Gasteiger partial charge is 0.497 e. The van der Waals surface area contributed by atoms with E-state index in [0.29, 0.717) is 5.56 Å². The number of methoxy groups -OCH3 is 1. The molecule has 2 aromatic carbocycles. The first-order chi connectivity index (χ1) is 9.80. The molecule has 0 aliphatic heterocycles. The first kappa shape index (κ1) is 13.0. The molecule has 0 aliphatic carbocycles. The van der Waals surface area contributed by atoms with Crippen LogP contribution < -0.4 is 4.74 Å². The highest BCUT2D eigenvalue weighted by Gasteiger charge is 2.10. The van der Waals surface area contributed by atoms with Crippen molar-refractivity contribution in [1.29, 1.82) is 5.26 Å². The lowest BCUT2D eigenvalue weighted by Crippen LogP contribution is -1.86. The van der Waals surface area contributed by atoms with Gasteiger partial charge in [-0.1, -0.05) is 23.9 Å². The summed E-state index contributed by atoms with van der Waals surface area (Å²) in [7, 11) is 1.62. The van der Waals surface area contributed by atoms with Gasteiger partial charge in [0.1, 0.15) is 11.8 Å². The Morgan fingerprint density at radius 3 is 2.85 bits per heavy atom. The number of hydrogen-bond acceptors (Lipinski definition) is 5. The summed E-state index contributed by atoms with van der Waals surface area (Å²) < 4.78 is 7.29. The Morgan fingerprint density at radius 1 is 1.25 bits per heavy atom. The molecular formula is C15H10N2OS2. The van der Waals surface area contributed by atoms with Gasteiger partial charge in [-0.25, -0.2) is 4.98 Å². The molecule has 3 aromatic rings. The maximum atomic E-state index is 9.18. The number of hydrogen-bond donors (Lipinski definition) is 0. The Balaban J connectivity index is 1.99. The highest BCUT2D eigenvalue weighted by atomic mass is 32.2. The van der Waals surface area contributed by atoms with Gasteiger partial charge >= 0.3 is 0 Å². The fourth-order valence-electron chi connectivity index (χ4n) is 1.80. The molecule has 3 rings (SSSR count). The van der Waals surface area contributed by atoms with Crippen LogP contribution in [-0.2, 0) is 0 Å². The Bertz CT molecular complexity index is 772. The van der Waals surface area contributed by atoms with Crippen molar-refractivity contribution in [2.45, 2.75) is 9.24 Å². The van der Waals surface area contributed by atoms with Crippen LogP contribution >= 0.6 is 23.1 Å². The fourth-order valence-corrected chi connectivity index (χ4v) is 3.93. The second-order valence-electron chi connectivity index (χ2n) is 4.02. The molecule has 0 N–H and O–H groups in total. The number of nitrogens with zero attached hydrogens (tertiary/aromatic N) is 2. The molecule has 0 spiro atoms. The summed E-state index contributed by atoms with van der Waals surface area (Å²) in [5.74, 6) is 0.743. The minimum Gasteiger partial charge on any atom is -0.497 e. The van der Waals surface area contributed by atoms with Gasteiger partial charge in [0.05, 0.1) is 22.9 Å². The summed E-state index contributed by atoms with van der Waals surface area (Å²) >= 11 is 3.13. The number of fused-ring (bicyclic) bond motifs is 1. The van der Waals surface area contributed by atoms with E-state index in [4.69, 9.17) is 4.74 Å². The van der Waals surface area contributed by atoms with E-state index in [9.17, 15) is 5.26 Å². The molecule has 0 amide bonds. The predicted molar refractivity (Wildman–Crippen MR) is 81.5 cm³/mol. The highest BCUT2D eigenvalue weighted by molar-refractivity contribution is 8.01. The van der Waals surface area contributed by atoms with Crippen LogP contribution in [-0.4, -0.2) is 12.1 Å². The number of ether oxygens (including phenoxy) is 1. The van der Waals surface area contributed by atoms with E-state index in [1.807, 2.05) is 30.3 Å². The molecule has 0 saturated carbocycles. The van der Waals surface area contributed by atoms with Crippen molar-refractivity contribution < 1.29 is 4.74 Å². The summed E-state index contributed by atoms with van der Waals surface area (Å²) in [5, 5.41) is 9.18. The second kappa shape index (κ2) is 5.53. The molecule has 98 valence electrons. The zero-order chi connectivity index (χ0) is 13.9. The third-order valence-corrected chi connectivity index (χ3v) is 4.94. The van der Waals surface area contributed by atoms with Gasteiger partial charge < -0.3 is 4.74 Å². The molecule has 0 bridgehead atoms. The number of nitriles is 1. The molecule has 5 heteroatoms. The van der Waals surface area contributed by atoms with Crippen LogP contribution in [0, 0.1) is 11.3 Å². The van der Waals surface area contributed by atoms with Crippen LogP contribution in [0.25, 0.3) is 10.2 Å². The minimum atomic E-state index is 0.634. The van der Waals surface area contributed by atoms with E-state index in [0.717, 1.165) is 25.2 Å². The van der Waals surface area contributed by atoms with E-state index in [2.05, 4.69) is 11.1 Å². The van der Waals surface area contributed by atoms with Crippen molar-refractivity contribution in [3.63, 3.8) is 0 Å². The molecule has 0 saturated heterocycles. The number of thiazole rings is 1. The standard InChI is InChI=1S/C15H10N2OS2/c1-18-11-7-6-10(9-16)14(8-11)20-15-17-12-4-2-3-5-13(12)19-15/h2-8H,1H3. The number of benzene rings is 2. The molecular weight excluding hydrogens is 288 g/mol. The van der Waals surface area contributed by atoms with Gasteiger partial charge in [-0.05, 0) is 30.3 Å². The zero-order valence-electron chi connectivity index (χ0n) is 10.7. The Labute approximate surface area is 124 Å². The molecule has 20 heavy (non-hydrogen) atoms. The quantitative estimate of drug-likeness (QED) is 0.722. The van der Waals surface area contributed by atoms with Gasteiger partial charge in [0.25, 0.3) is 0 Å². The average molecular weight is 298 g/mol. The summed E-state index contributed by atoms with van der Waals surface area (Å²) in [6.45, 7) is 0. The monoisotopic (exact) mass is 298 g/mol. The van der Waals surface area contributed by atoms with Crippen LogP contribution in [0.3, 0.4) is 0 Å². The molecule has 0 radical (unpaired) electrons. The van der Waals surface area contributed by atoms with E-state index in [-0.39, 0.29) is 0 Å². The number of para-hydroxylation sites is 1. The Kier molecular flexibility index (Phi) is 3.59. The van der Waals surface area contributed by atoms with E-state index < -0.39 is 0 Å². The smallest absolute Gasteiger partial charge is 0.155 e. The second-order valence-corrected chi connectivity index (χ2v) is 6.34. The van der Waals surface area contributed by atoms with Crippen LogP contribution in [0.5, 0.6) is 5.75 Å². The summed E-state index contributed by atoms with van der Waals surface area (Å²) in [4.78, 5) is 5.44. The summed E-state index contributed by atoms with van der Waals surface area (Å²) in [6, 6.07) is 15.7. The molecule has 1 aromatic heterocycles. The molecule has 0 aliphatic rings. The molecule has 0 atom stereocenters. The lowest BCUT2D eigenvalue weighted by molar-refractivity contribution is 0.413. The minimum absolute atomic E-state index is 0.634. The molecule has 3 nitrogen and oxygen atoms in total.